The van der Waals surface area contributed by atoms with E-state index in [1.807, 2.05) is 0 Å². The van der Waals surface area contributed by atoms with E-state index in [9.17, 15) is 4.79 Å². The van der Waals surface area contributed by atoms with Gasteiger partial charge in [-0.1, -0.05) is 18.2 Å². The Kier molecular flexibility index (Phi) is 9.36. The molecule has 1 aromatic carbocycles. The Bertz CT molecular complexity index is 213. The van der Waals surface area contributed by atoms with E-state index in [1.54, 1.807) is 30.3 Å². The molecule has 0 radical (unpaired) electrons. The summed E-state index contributed by atoms with van der Waals surface area (Å²) in [6.45, 7) is 0. The summed E-state index contributed by atoms with van der Waals surface area (Å²) >= 11 is 0. The summed E-state index contributed by atoms with van der Waals surface area (Å²) < 4.78 is 0. The van der Waals surface area contributed by atoms with Crippen LogP contribution < -0.4 is 0 Å². The number of rotatable bonds is 1. The molecule has 0 saturated heterocycles. The van der Waals surface area contributed by atoms with Crippen molar-refractivity contribution in [1.82, 2.24) is 0 Å². The van der Waals surface area contributed by atoms with Crippen molar-refractivity contribution < 1.29 is 9.90 Å². The SMILES string of the molecule is Cl.O=C(O)c1ccccc1.[KH]. The Morgan fingerprint density at radius 3 is 1.91 bits per heavy atom. The van der Waals surface area contributed by atoms with Gasteiger partial charge in [0.1, 0.15) is 0 Å². The minimum absolute atomic E-state index is 0. The summed E-state index contributed by atoms with van der Waals surface area (Å²) in [4.78, 5) is 10.2. The fourth-order valence-corrected chi connectivity index (χ4v) is 0.581. The summed E-state index contributed by atoms with van der Waals surface area (Å²) in [6, 6.07) is 8.30. The molecule has 0 spiro atoms. The van der Waals surface area contributed by atoms with Gasteiger partial charge in [0.05, 0.1) is 5.56 Å². The number of halogens is 1. The second kappa shape index (κ2) is 7.28. The molecule has 0 amide bonds. The summed E-state index contributed by atoms with van der Waals surface area (Å²) in [7, 11) is 0. The summed E-state index contributed by atoms with van der Waals surface area (Å²) in [5.74, 6) is -0.879. The van der Waals surface area contributed by atoms with Gasteiger partial charge in [0.2, 0.25) is 0 Å². The third-order valence-corrected chi connectivity index (χ3v) is 1.02. The average Bonchev–Trinajstić information content (AvgIpc) is 1.90. The first-order chi connectivity index (χ1) is 4.30. The number of carboxylic acid groups (broad SMARTS) is 1. The van der Waals surface area contributed by atoms with Gasteiger partial charge in [-0.15, -0.1) is 12.4 Å². The molecule has 0 aliphatic rings. The van der Waals surface area contributed by atoms with E-state index in [0.717, 1.165) is 0 Å². The van der Waals surface area contributed by atoms with Gasteiger partial charge in [0, 0.05) is 0 Å². The Hall–Kier alpha value is 0.616. The first-order valence-corrected chi connectivity index (χ1v) is 2.59. The van der Waals surface area contributed by atoms with Crippen LogP contribution in [0.5, 0.6) is 0 Å². The normalized spacial score (nSPS) is 7.27. The van der Waals surface area contributed by atoms with Crippen LogP contribution in [0.25, 0.3) is 0 Å². The molecule has 0 heterocycles. The average molecular weight is 199 g/mol. The molecule has 0 aliphatic carbocycles. The molecule has 56 valence electrons. The van der Waals surface area contributed by atoms with E-state index < -0.39 is 5.97 Å². The van der Waals surface area contributed by atoms with Crippen molar-refractivity contribution >= 4 is 69.8 Å². The molecule has 1 N–H and O–H groups in total. The second-order valence-corrected chi connectivity index (χ2v) is 1.67. The zero-order chi connectivity index (χ0) is 6.69. The van der Waals surface area contributed by atoms with Crippen LogP contribution in [-0.2, 0) is 0 Å². The molecule has 4 heteroatoms. The zero-order valence-corrected chi connectivity index (χ0v) is 5.97. The van der Waals surface area contributed by atoms with E-state index in [4.69, 9.17) is 5.11 Å². The van der Waals surface area contributed by atoms with Gasteiger partial charge in [-0.25, -0.2) is 4.79 Å². The molecular formula is C7H8ClKO2. The van der Waals surface area contributed by atoms with Gasteiger partial charge in [-0.3, -0.25) is 0 Å². The van der Waals surface area contributed by atoms with Crippen molar-refractivity contribution in [2.24, 2.45) is 0 Å². The van der Waals surface area contributed by atoms with E-state index in [-0.39, 0.29) is 63.8 Å². The van der Waals surface area contributed by atoms with Crippen LogP contribution >= 0.6 is 12.4 Å². The molecule has 1 rings (SSSR count). The number of hydrogen-bond donors (Lipinski definition) is 1. The molecular weight excluding hydrogens is 191 g/mol. The first-order valence-electron chi connectivity index (χ1n) is 2.59. The summed E-state index contributed by atoms with van der Waals surface area (Å²) in [6.07, 6.45) is 0. The topological polar surface area (TPSA) is 37.3 Å². The van der Waals surface area contributed by atoms with E-state index >= 15 is 0 Å². The molecule has 0 unspecified atom stereocenters. The maximum atomic E-state index is 10.2. The Balaban J connectivity index is 0. The van der Waals surface area contributed by atoms with Crippen molar-refractivity contribution in [3.63, 3.8) is 0 Å². The Morgan fingerprint density at radius 2 is 1.64 bits per heavy atom. The van der Waals surface area contributed by atoms with Gasteiger partial charge in [-0.05, 0) is 12.1 Å². The number of benzene rings is 1. The predicted molar refractivity (Wildman–Crippen MR) is 47.8 cm³/mol. The van der Waals surface area contributed by atoms with Crippen LogP contribution in [0.4, 0.5) is 0 Å². The molecule has 0 aliphatic heterocycles. The van der Waals surface area contributed by atoms with Crippen molar-refractivity contribution in [1.29, 1.82) is 0 Å². The van der Waals surface area contributed by atoms with Crippen LogP contribution in [-0.4, -0.2) is 62.5 Å². The fourth-order valence-electron chi connectivity index (χ4n) is 0.581. The van der Waals surface area contributed by atoms with Crippen LogP contribution in [0.2, 0.25) is 0 Å². The van der Waals surface area contributed by atoms with Crippen molar-refractivity contribution in [3.8, 4) is 0 Å². The summed E-state index contributed by atoms with van der Waals surface area (Å²) in [5, 5.41) is 8.38. The Labute approximate surface area is 114 Å². The predicted octanol–water partition coefficient (Wildman–Crippen LogP) is 1.16. The molecule has 0 atom stereocenters. The van der Waals surface area contributed by atoms with Crippen molar-refractivity contribution in [3.05, 3.63) is 35.9 Å². The number of hydrogen-bond acceptors (Lipinski definition) is 1. The number of carboxylic acids is 1. The van der Waals surface area contributed by atoms with Gasteiger partial charge >= 0.3 is 57.4 Å². The minimum atomic E-state index is -0.879. The van der Waals surface area contributed by atoms with Gasteiger partial charge in [0.25, 0.3) is 0 Å². The first kappa shape index (κ1) is 14.2. The fraction of sp³-hybridized carbons (Fsp3) is 0. The summed E-state index contributed by atoms with van der Waals surface area (Å²) in [5.41, 5.74) is 0.331. The van der Waals surface area contributed by atoms with Gasteiger partial charge in [0.15, 0.2) is 0 Å². The number of aromatic carboxylic acids is 1. The van der Waals surface area contributed by atoms with E-state index in [0.29, 0.717) is 5.56 Å². The van der Waals surface area contributed by atoms with E-state index in [2.05, 4.69) is 0 Å². The molecule has 0 fully saturated rings. The second-order valence-electron chi connectivity index (χ2n) is 1.67. The zero-order valence-electron chi connectivity index (χ0n) is 5.15. The quantitative estimate of drug-likeness (QED) is 0.688. The monoisotopic (exact) mass is 198 g/mol. The molecule has 0 aromatic heterocycles. The van der Waals surface area contributed by atoms with Crippen LogP contribution in [0.3, 0.4) is 0 Å². The van der Waals surface area contributed by atoms with Crippen molar-refractivity contribution in [2.75, 3.05) is 0 Å². The molecule has 0 bridgehead atoms. The third kappa shape index (κ3) is 4.95. The van der Waals surface area contributed by atoms with Gasteiger partial charge in [-0.2, -0.15) is 0 Å². The van der Waals surface area contributed by atoms with Crippen molar-refractivity contribution in [2.45, 2.75) is 0 Å². The molecule has 0 saturated carbocycles. The van der Waals surface area contributed by atoms with E-state index in [1.165, 1.54) is 0 Å². The number of carbonyl (C=O) groups is 1. The van der Waals surface area contributed by atoms with Crippen LogP contribution in [0.1, 0.15) is 10.4 Å². The Morgan fingerprint density at radius 1 is 1.18 bits per heavy atom. The molecule has 2 nitrogen and oxygen atoms in total. The standard InChI is InChI=1S/C7H6O2.ClH.K.H/c8-7(9)6-4-2-1-3-5-6;;;/h1-5H,(H,8,9);1H;;. The van der Waals surface area contributed by atoms with Crippen LogP contribution in [0, 0.1) is 0 Å². The maximum absolute atomic E-state index is 10.2. The molecule has 11 heavy (non-hydrogen) atoms. The third-order valence-electron chi connectivity index (χ3n) is 1.02. The van der Waals surface area contributed by atoms with Crippen LogP contribution in [0.15, 0.2) is 30.3 Å². The molecule has 1 aromatic rings. The van der Waals surface area contributed by atoms with Gasteiger partial charge < -0.3 is 5.11 Å².